The van der Waals surface area contributed by atoms with E-state index in [2.05, 4.69) is 25.1 Å². The van der Waals surface area contributed by atoms with E-state index in [0.717, 1.165) is 63.7 Å². The van der Waals surface area contributed by atoms with Crippen LogP contribution in [0.3, 0.4) is 0 Å². The summed E-state index contributed by atoms with van der Waals surface area (Å²) in [6.07, 6.45) is -0.112. The lowest BCUT2D eigenvalue weighted by atomic mass is 9.79. The van der Waals surface area contributed by atoms with Gasteiger partial charge >= 0.3 is 12.2 Å². The number of urea groups is 1. The van der Waals surface area contributed by atoms with E-state index in [1.54, 1.807) is 0 Å². The molecule has 11 heteroatoms. The molecule has 2 aromatic heterocycles. The molecule has 3 aliphatic heterocycles. The van der Waals surface area contributed by atoms with Gasteiger partial charge in [-0.15, -0.1) is 0 Å². The van der Waals surface area contributed by atoms with Gasteiger partial charge in [0, 0.05) is 56.8 Å². The Kier molecular flexibility index (Phi) is 4.87. The molecule has 2 amide bonds. The van der Waals surface area contributed by atoms with Crippen molar-refractivity contribution in [2.45, 2.75) is 31.5 Å². The molecule has 5 rings (SSSR count). The smallest absolute Gasteiger partial charge is 0.324 e. The maximum Gasteiger partial charge on any atom is 0.417 e. The number of carbonyl (C=O) groups is 1. The van der Waals surface area contributed by atoms with Crippen molar-refractivity contribution in [3.63, 3.8) is 0 Å². The number of carbonyl (C=O) groups excluding carboxylic acids is 1. The summed E-state index contributed by atoms with van der Waals surface area (Å²) < 4.78 is 38.1. The zero-order valence-corrected chi connectivity index (χ0v) is 17.0. The summed E-state index contributed by atoms with van der Waals surface area (Å²) in [7, 11) is 0. The summed E-state index contributed by atoms with van der Waals surface area (Å²) in [5.74, 6) is 1.04. The van der Waals surface area contributed by atoms with Crippen molar-refractivity contribution in [2.75, 3.05) is 39.3 Å². The van der Waals surface area contributed by atoms with Crippen LogP contribution in [0.15, 0.2) is 24.7 Å². The van der Waals surface area contributed by atoms with Gasteiger partial charge in [0.2, 0.25) is 0 Å². The summed E-state index contributed by atoms with van der Waals surface area (Å²) in [6, 6.07) is 2.61. The first-order chi connectivity index (χ1) is 14.8. The van der Waals surface area contributed by atoms with Crippen LogP contribution < -0.4 is 0 Å². The van der Waals surface area contributed by atoms with Gasteiger partial charge in [0.25, 0.3) is 0 Å². The molecular weight excluding hydrogens is 411 g/mol. The van der Waals surface area contributed by atoms with Gasteiger partial charge in [0.1, 0.15) is 12.2 Å². The number of halogens is 3. The highest BCUT2D eigenvalue weighted by atomic mass is 19.4. The molecule has 166 valence electrons. The van der Waals surface area contributed by atoms with Crippen LogP contribution in [-0.4, -0.2) is 80.2 Å². The van der Waals surface area contributed by atoms with E-state index in [1.807, 2.05) is 9.80 Å². The summed E-state index contributed by atoms with van der Waals surface area (Å²) in [5.41, 5.74) is -0.00592. The first-order valence-electron chi connectivity index (χ1n) is 10.4. The summed E-state index contributed by atoms with van der Waals surface area (Å²) in [4.78, 5) is 27.0. The fraction of sp³-hybridized carbons (Fsp3) is 0.600. The quantitative estimate of drug-likeness (QED) is 0.801. The Balaban J connectivity index is 1.11. The van der Waals surface area contributed by atoms with E-state index in [9.17, 15) is 18.0 Å². The Bertz CT molecular complexity index is 925. The van der Waals surface area contributed by atoms with E-state index in [-0.39, 0.29) is 17.4 Å². The number of aromatic nitrogens is 4. The van der Waals surface area contributed by atoms with Crippen LogP contribution in [0.4, 0.5) is 18.0 Å². The molecule has 0 bridgehead atoms. The number of alkyl halides is 3. The molecule has 3 saturated heterocycles. The molecule has 8 nitrogen and oxygen atoms in total. The monoisotopic (exact) mass is 435 g/mol. The summed E-state index contributed by atoms with van der Waals surface area (Å²) >= 11 is 0. The van der Waals surface area contributed by atoms with Gasteiger partial charge in [-0.1, -0.05) is 0 Å². The lowest BCUT2D eigenvalue weighted by Crippen LogP contribution is -2.62. The van der Waals surface area contributed by atoms with Crippen molar-refractivity contribution in [3.05, 3.63) is 41.7 Å². The molecular formula is C20H24F3N7O. The molecule has 0 aliphatic carbocycles. The maximum absolute atomic E-state index is 12.9. The van der Waals surface area contributed by atoms with Crippen molar-refractivity contribution in [1.82, 2.24) is 34.9 Å². The fourth-order valence-electron chi connectivity index (χ4n) is 5.00. The number of pyridine rings is 1. The van der Waals surface area contributed by atoms with Crippen LogP contribution in [0.2, 0.25) is 0 Å². The average molecular weight is 435 g/mol. The highest BCUT2D eigenvalue weighted by Gasteiger charge is 2.50. The van der Waals surface area contributed by atoms with Gasteiger partial charge in [-0.25, -0.2) is 9.78 Å². The number of H-pyrrole nitrogens is 1. The minimum atomic E-state index is -4.37. The third kappa shape index (κ3) is 3.98. The largest absolute Gasteiger partial charge is 0.417 e. The highest BCUT2D eigenvalue weighted by molar-refractivity contribution is 5.76. The van der Waals surface area contributed by atoms with Crippen LogP contribution in [0.1, 0.15) is 35.8 Å². The van der Waals surface area contributed by atoms with Crippen molar-refractivity contribution in [2.24, 2.45) is 5.41 Å². The second-order valence-corrected chi connectivity index (χ2v) is 8.94. The standard InChI is InChI=1S/C20H24F3N7O/c21-20(22,23)15-1-2-16(24-7-15)9-28-6-4-19(10-28)11-30(12-19)18(31)29-5-3-14(8-29)17-25-13-26-27-17/h1-2,7,13-14H,3-6,8-12H2,(H,25,26,27)/t14-/m0/s1. The van der Waals surface area contributed by atoms with Crippen molar-refractivity contribution in [3.8, 4) is 0 Å². The molecule has 1 atom stereocenters. The second-order valence-electron chi connectivity index (χ2n) is 8.94. The van der Waals surface area contributed by atoms with E-state index in [1.165, 1.54) is 12.4 Å². The number of likely N-dealkylation sites (tertiary alicyclic amines) is 3. The third-order valence-electron chi connectivity index (χ3n) is 6.66. The first kappa shape index (κ1) is 20.2. The Morgan fingerprint density at radius 3 is 2.68 bits per heavy atom. The molecule has 5 heterocycles. The molecule has 2 aromatic rings. The fourth-order valence-corrected chi connectivity index (χ4v) is 5.00. The van der Waals surface area contributed by atoms with Gasteiger partial charge < -0.3 is 9.80 Å². The first-order valence-corrected chi connectivity index (χ1v) is 10.4. The number of rotatable bonds is 3. The van der Waals surface area contributed by atoms with Crippen LogP contribution >= 0.6 is 0 Å². The molecule has 0 unspecified atom stereocenters. The summed E-state index contributed by atoms with van der Waals surface area (Å²) in [6.45, 7) is 5.06. The molecule has 1 N–H and O–H groups in total. The zero-order valence-electron chi connectivity index (χ0n) is 17.0. The van der Waals surface area contributed by atoms with Crippen molar-refractivity contribution < 1.29 is 18.0 Å². The second kappa shape index (κ2) is 7.47. The normalized spacial score (nSPS) is 23.5. The lowest BCUT2D eigenvalue weighted by Gasteiger charge is -2.49. The van der Waals surface area contributed by atoms with Crippen LogP contribution in [0, 0.1) is 5.41 Å². The number of hydrogen-bond donors (Lipinski definition) is 1. The van der Waals surface area contributed by atoms with E-state index in [0.29, 0.717) is 18.8 Å². The highest BCUT2D eigenvalue weighted by Crippen LogP contribution is 2.41. The predicted molar refractivity (Wildman–Crippen MR) is 104 cm³/mol. The van der Waals surface area contributed by atoms with Gasteiger partial charge in [0.15, 0.2) is 0 Å². The molecule has 3 fully saturated rings. The number of nitrogens with zero attached hydrogens (tertiary/aromatic N) is 6. The van der Waals surface area contributed by atoms with E-state index in [4.69, 9.17) is 0 Å². The predicted octanol–water partition coefficient (Wildman–Crippen LogP) is 2.34. The number of amides is 2. The molecule has 0 aromatic carbocycles. The lowest BCUT2D eigenvalue weighted by molar-refractivity contribution is -0.137. The average Bonchev–Trinajstić information content (AvgIpc) is 3.45. The van der Waals surface area contributed by atoms with Crippen molar-refractivity contribution in [1.29, 1.82) is 0 Å². The Morgan fingerprint density at radius 2 is 2.00 bits per heavy atom. The SMILES string of the molecule is O=C(N1CC[C@H](c2ncn[nH]2)C1)N1CC2(CCN(Cc3ccc(C(F)(F)F)cn3)C2)C1. The van der Waals surface area contributed by atoms with Gasteiger partial charge in [-0.05, 0) is 31.5 Å². The van der Waals surface area contributed by atoms with Gasteiger partial charge in [0.05, 0.1) is 11.3 Å². The van der Waals surface area contributed by atoms with Gasteiger partial charge in [-0.3, -0.25) is 15.0 Å². The van der Waals surface area contributed by atoms with Crippen LogP contribution in [0.5, 0.6) is 0 Å². The minimum absolute atomic E-state index is 0.0792. The molecule has 0 radical (unpaired) electrons. The molecule has 31 heavy (non-hydrogen) atoms. The molecule has 1 spiro atoms. The Hall–Kier alpha value is -2.69. The van der Waals surface area contributed by atoms with Crippen LogP contribution in [-0.2, 0) is 12.7 Å². The molecule has 3 aliphatic rings. The van der Waals surface area contributed by atoms with E-state index >= 15 is 0 Å². The number of hydrogen-bond acceptors (Lipinski definition) is 5. The topological polar surface area (TPSA) is 81.2 Å². The maximum atomic E-state index is 12.9. The Morgan fingerprint density at radius 1 is 1.16 bits per heavy atom. The minimum Gasteiger partial charge on any atom is -0.324 e. The summed E-state index contributed by atoms with van der Waals surface area (Å²) in [5, 5.41) is 6.78. The van der Waals surface area contributed by atoms with E-state index < -0.39 is 11.7 Å². The molecule has 0 saturated carbocycles. The zero-order chi connectivity index (χ0) is 21.6. The van der Waals surface area contributed by atoms with Crippen molar-refractivity contribution >= 4 is 6.03 Å². The van der Waals surface area contributed by atoms with Crippen LogP contribution in [0.25, 0.3) is 0 Å². The third-order valence-corrected chi connectivity index (χ3v) is 6.66. The Labute approximate surface area is 177 Å². The number of aromatic amines is 1. The number of nitrogens with one attached hydrogen (secondary N) is 1. The van der Waals surface area contributed by atoms with Gasteiger partial charge in [-0.2, -0.15) is 18.3 Å².